The molecule has 1 saturated heterocycles. The molecular formula is C13H14FNO5S. The number of carbonyl (C=O) groups is 2. The Labute approximate surface area is 121 Å². The van der Waals surface area contributed by atoms with E-state index >= 15 is 0 Å². The highest BCUT2D eigenvalue weighted by molar-refractivity contribution is 7.89. The summed E-state index contributed by atoms with van der Waals surface area (Å²) in [4.78, 5) is 23.1. The van der Waals surface area contributed by atoms with Crippen molar-refractivity contribution in [1.29, 1.82) is 0 Å². The van der Waals surface area contributed by atoms with E-state index in [0.29, 0.717) is 12.7 Å². The molecule has 1 fully saturated rings. The maximum absolute atomic E-state index is 12.9. The van der Waals surface area contributed by atoms with Crippen molar-refractivity contribution in [1.82, 2.24) is 4.31 Å². The lowest BCUT2D eigenvalue weighted by Crippen LogP contribution is -2.54. The molecular weight excluding hydrogens is 301 g/mol. The van der Waals surface area contributed by atoms with Crippen molar-refractivity contribution >= 4 is 22.3 Å². The molecule has 0 amide bonds. The van der Waals surface area contributed by atoms with E-state index in [-0.39, 0.29) is 17.9 Å². The Balaban J connectivity index is 2.50. The topological polar surface area (TPSA) is 80.8 Å². The lowest BCUT2D eigenvalue weighted by atomic mass is 10.0. The van der Waals surface area contributed by atoms with E-state index in [1.54, 1.807) is 0 Å². The molecule has 6 nitrogen and oxygen atoms in total. The number of sulfonamides is 1. The fourth-order valence-electron chi connectivity index (χ4n) is 2.43. The van der Waals surface area contributed by atoms with E-state index in [1.807, 2.05) is 0 Å². The van der Waals surface area contributed by atoms with Crippen LogP contribution in [0.1, 0.15) is 12.8 Å². The fraction of sp³-hybridized carbons (Fsp3) is 0.385. The molecule has 0 spiro atoms. The average molecular weight is 315 g/mol. The predicted octanol–water partition coefficient (Wildman–Crippen LogP) is 0.721. The zero-order valence-corrected chi connectivity index (χ0v) is 12.1. The van der Waals surface area contributed by atoms with Crippen LogP contribution in [0.25, 0.3) is 0 Å². The SMILES string of the molecule is COC(=O)[C@]1(C=O)CCCN1S(=O)(=O)c1ccc(F)cc1. The molecule has 0 unspecified atom stereocenters. The molecule has 1 heterocycles. The lowest BCUT2D eigenvalue weighted by Gasteiger charge is -2.30. The van der Waals surface area contributed by atoms with E-state index in [1.165, 1.54) is 0 Å². The van der Waals surface area contributed by atoms with Crippen LogP contribution in [0, 0.1) is 5.82 Å². The molecule has 1 aromatic carbocycles. The number of halogens is 1. The van der Waals surface area contributed by atoms with Crippen molar-refractivity contribution in [3.8, 4) is 0 Å². The zero-order chi connectivity index (χ0) is 15.7. The lowest BCUT2D eigenvalue weighted by molar-refractivity contribution is -0.152. The summed E-state index contributed by atoms with van der Waals surface area (Å²) >= 11 is 0. The van der Waals surface area contributed by atoms with Crippen molar-refractivity contribution in [3.05, 3.63) is 30.1 Å². The molecule has 21 heavy (non-hydrogen) atoms. The Hall–Kier alpha value is -1.80. The molecule has 0 aliphatic carbocycles. The van der Waals surface area contributed by atoms with E-state index in [0.717, 1.165) is 35.7 Å². The highest BCUT2D eigenvalue weighted by Gasteiger charge is 2.54. The Morgan fingerprint density at radius 3 is 2.52 bits per heavy atom. The summed E-state index contributed by atoms with van der Waals surface area (Å²) in [6.45, 7) is 0.0214. The van der Waals surface area contributed by atoms with Crippen LogP contribution >= 0.6 is 0 Å². The average Bonchev–Trinajstić information content (AvgIpc) is 2.92. The molecule has 1 atom stereocenters. The first-order chi connectivity index (χ1) is 9.88. The molecule has 0 aromatic heterocycles. The molecule has 2 rings (SSSR count). The van der Waals surface area contributed by atoms with Crippen LogP contribution in [0.3, 0.4) is 0 Å². The Morgan fingerprint density at radius 2 is 2.00 bits per heavy atom. The maximum Gasteiger partial charge on any atom is 0.334 e. The number of rotatable bonds is 4. The molecule has 1 aliphatic rings. The van der Waals surface area contributed by atoms with Gasteiger partial charge in [0.1, 0.15) is 5.82 Å². The number of nitrogens with zero attached hydrogens (tertiary/aromatic N) is 1. The van der Waals surface area contributed by atoms with E-state index in [2.05, 4.69) is 4.74 Å². The highest BCUT2D eigenvalue weighted by atomic mass is 32.2. The van der Waals surface area contributed by atoms with Gasteiger partial charge in [-0.3, -0.25) is 0 Å². The number of carbonyl (C=O) groups excluding carboxylic acids is 2. The second kappa shape index (κ2) is 5.53. The van der Waals surface area contributed by atoms with Gasteiger partial charge in [-0.25, -0.2) is 17.6 Å². The van der Waals surface area contributed by atoms with Gasteiger partial charge in [-0.05, 0) is 37.1 Å². The van der Waals surface area contributed by atoms with E-state index < -0.39 is 27.3 Å². The van der Waals surface area contributed by atoms with Crippen LogP contribution in [-0.2, 0) is 24.3 Å². The molecule has 1 aliphatic heterocycles. The number of esters is 1. The summed E-state index contributed by atoms with van der Waals surface area (Å²) < 4.78 is 43.5. The van der Waals surface area contributed by atoms with Crippen molar-refractivity contribution in [2.24, 2.45) is 0 Å². The first-order valence-electron chi connectivity index (χ1n) is 6.21. The Morgan fingerprint density at radius 1 is 1.38 bits per heavy atom. The van der Waals surface area contributed by atoms with E-state index in [4.69, 9.17) is 0 Å². The number of methoxy groups -OCH3 is 1. The summed E-state index contributed by atoms with van der Waals surface area (Å²) in [6.07, 6.45) is 0.713. The monoisotopic (exact) mass is 315 g/mol. The third-order valence-corrected chi connectivity index (χ3v) is 5.46. The van der Waals surface area contributed by atoms with Gasteiger partial charge in [0.2, 0.25) is 10.0 Å². The highest BCUT2D eigenvalue weighted by Crippen LogP contribution is 2.34. The van der Waals surface area contributed by atoms with Crippen LogP contribution < -0.4 is 0 Å². The second-order valence-corrected chi connectivity index (χ2v) is 6.53. The molecule has 0 bridgehead atoms. The van der Waals surface area contributed by atoms with Crippen LogP contribution in [0.2, 0.25) is 0 Å². The minimum absolute atomic E-state index is 0.0214. The molecule has 1 aromatic rings. The van der Waals surface area contributed by atoms with Crippen LogP contribution in [0.4, 0.5) is 4.39 Å². The molecule has 0 N–H and O–H groups in total. The molecule has 0 saturated carbocycles. The van der Waals surface area contributed by atoms with Crippen molar-refractivity contribution in [3.63, 3.8) is 0 Å². The van der Waals surface area contributed by atoms with Gasteiger partial charge in [0.15, 0.2) is 11.8 Å². The first kappa shape index (κ1) is 15.6. The number of ether oxygens (including phenoxy) is 1. The van der Waals surface area contributed by atoms with Gasteiger partial charge in [-0.15, -0.1) is 0 Å². The van der Waals surface area contributed by atoms with Gasteiger partial charge in [0.25, 0.3) is 0 Å². The van der Waals surface area contributed by atoms with E-state index in [9.17, 15) is 22.4 Å². The number of hydrogen-bond donors (Lipinski definition) is 0. The minimum atomic E-state index is -4.10. The normalized spacial score (nSPS) is 23.0. The van der Waals surface area contributed by atoms with Gasteiger partial charge in [0.05, 0.1) is 12.0 Å². The number of hydrogen-bond acceptors (Lipinski definition) is 5. The van der Waals surface area contributed by atoms with Crippen molar-refractivity contribution in [2.75, 3.05) is 13.7 Å². The number of aldehydes is 1. The Kier molecular flexibility index (Phi) is 4.11. The van der Waals surface area contributed by atoms with Crippen molar-refractivity contribution in [2.45, 2.75) is 23.3 Å². The minimum Gasteiger partial charge on any atom is -0.467 e. The zero-order valence-electron chi connectivity index (χ0n) is 11.3. The van der Waals surface area contributed by atoms with Crippen LogP contribution in [0.5, 0.6) is 0 Å². The molecule has 8 heteroatoms. The largest absolute Gasteiger partial charge is 0.467 e. The van der Waals surface area contributed by atoms with Gasteiger partial charge in [0, 0.05) is 6.54 Å². The summed E-state index contributed by atoms with van der Waals surface area (Å²) in [5.41, 5.74) is -1.85. The quantitative estimate of drug-likeness (QED) is 0.465. The summed E-state index contributed by atoms with van der Waals surface area (Å²) in [5, 5.41) is 0. The first-order valence-corrected chi connectivity index (χ1v) is 7.65. The second-order valence-electron chi connectivity index (χ2n) is 4.67. The smallest absolute Gasteiger partial charge is 0.334 e. The van der Waals surface area contributed by atoms with Crippen LogP contribution in [-0.4, -0.2) is 44.2 Å². The summed E-state index contributed by atoms with van der Waals surface area (Å²) in [6, 6.07) is 4.19. The standard InChI is InChI=1S/C13H14FNO5S/c1-20-12(17)13(9-16)7-2-8-15(13)21(18,19)11-5-3-10(14)4-6-11/h3-6,9H,2,7-8H2,1H3/t13-/m1/s1. The van der Waals surface area contributed by atoms with Crippen molar-refractivity contribution < 1.29 is 27.1 Å². The van der Waals surface area contributed by atoms with Gasteiger partial charge in [-0.2, -0.15) is 4.31 Å². The molecule has 0 radical (unpaired) electrons. The summed E-state index contributed by atoms with van der Waals surface area (Å²) in [7, 11) is -3.00. The third-order valence-electron chi connectivity index (χ3n) is 3.50. The van der Waals surface area contributed by atoms with Gasteiger partial charge in [-0.1, -0.05) is 0 Å². The third kappa shape index (κ3) is 2.44. The van der Waals surface area contributed by atoms with Gasteiger partial charge < -0.3 is 9.53 Å². The summed E-state index contributed by atoms with van der Waals surface area (Å²) in [5.74, 6) is -1.49. The fourth-order valence-corrected chi connectivity index (χ4v) is 4.17. The molecule has 114 valence electrons. The van der Waals surface area contributed by atoms with Crippen LogP contribution in [0.15, 0.2) is 29.2 Å². The number of benzene rings is 1. The Bertz CT molecular complexity index is 658. The van der Waals surface area contributed by atoms with Gasteiger partial charge >= 0.3 is 5.97 Å². The predicted molar refractivity (Wildman–Crippen MR) is 70.3 cm³/mol. The maximum atomic E-state index is 12.9.